The summed E-state index contributed by atoms with van der Waals surface area (Å²) in [5.41, 5.74) is 0.675. The summed E-state index contributed by atoms with van der Waals surface area (Å²) in [4.78, 5) is 10.3. The molecule has 0 bridgehead atoms. The van der Waals surface area contributed by atoms with Crippen molar-refractivity contribution in [2.45, 2.75) is 31.5 Å². The number of allylic oxidation sites excluding steroid dienone is 3. The van der Waals surface area contributed by atoms with E-state index in [-0.39, 0.29) is 25.1 Å². The van der Waals surface area contributed by atoms with E-state index in [4.69, 9.17) is 5.11 Å². The zero-order chi connectivity index (χ0) is 18.5. The number of hydrogen-bond donors (Lipinski definition) is 3. The van der Waals surface area contributed by atoms with Crippen molar-refractivity contribution in [1.29, 1.82) is 0 Å². The van der Waals surface area contributed by atoms with Crippen LogP contribution in [0.4, 0.5) is 4.39 Å². The Balaban J connectivity index is 2.34. The topological polar surface area (TPSA) is 77.8 Å². The fourth-order valence-electron chi connectivity index (χ4n) is 1.63. The first kappa shape index (κ1) is 20.2. The molecule has 0 fully saturated rings. The number of carbonyl (C=O) groups is 1. The molecule has 0 aliphatic carbocycles. The Bertz CT molecular complexity index is 727. The highest BCUT2D eigenvalue weighted by Gasteiger charge is 2.02. The van der Waals surface area contributed by atoms with Crippen molar-refractivity contribution in [1.82, 2.24) is 0 Å². The summed E-state index contributed by atoms with van der Waals surface area (Å²) in [5.74, 6) is 9.41. The molecule has 25 heavy (non-hydrogen) atoms. The smallest absolute Gasteiger partial charge is 0.303 e. The van der Waals surface area contributed by atoms with Crippen molar-refractivity contribution in [2.75, 3.05) is 0 Å². The van der Waals surface area contributed by atoms with Crippen molar-refractivity contribution in [3.05, 3.63) is 60.0 Å². The van der Waals surface area contributed by atoms with E-state index < -0.39 is 18.2 Å². The summed E-state index contributed by atoms with van der Waals surface area (Å²) in [5, 5.41) is 27.6. The highest BCUT2D eigenvalue weighted by atomic mass is 19.1. The Hall–Kier alpha value is -2.86. The Kier molecular flexibility index (Phi) is 9.40. The summed E-state index contributed by atoms with van der Waals surface area (Å²) in [6.07, 6.45) is 4.68. The molecule has 1 aromatic rings. The van der Waals surface area contributed by atoms with E-state index in [2.05, 4.69) is 23.7 Å². The van der Waals surface area contributed by atoms with Gasteiger partial charge in [0.05, 0.1) is 6.10 Å². The van der Waals surface area contributed by atoms with Crippen LogP contribution < -0.4 is 0 Å². The van der Waals surface area contributed by atoms with Crippen LogP contribution in [0.1, 0.15) is 24.8 Å². The van der Waals surface area contributed by atoms with Crippen molar-refractivity contribution < 1.29 is 24.5 Å². The lowest BCUT2D eigenvalue weighted by molar-refractivity contribution is -0.137. The number of halogens is 1. The molecule has 0 spiro atoms. The Morgan fingerprint density at radius 2 is 1.92 bits per heavy atom. The molecule has 0 aromatic heterocycles. The van der Waals surface area contributed by atoms with Gasteiger partial charge in [0.1, 0.15) is 11.9 Å². The van der Waals surface area contributed by atoms with Gasteiger partial charge in [-0.05, 0) is 36.8 Å². The summed E-state index contributed by atoms with van der Waals surface area (Å²) < 4.78 is 12.7. The van der Waals surface area contributed by atoms with Crippen LogP contribution in [0.2, 0.25) is 0 Å². The standard InChI is InChI=1S/C20H19FO4/c21-17-12-10-16(11-13-17)6-5-9-18(22)7-3-1-2-4-8-19(23)14-15-20(24)25/h1-3,7,10-13,18-19,22-23H,9,14-15H2,(H,24,25)/b2-1+,7-3+/t18-,19-/m0/s1. The van der Waals surface area contributed by atoms with Gasteiger partial charge in [0.25, 0.3) is 0 Å². The van der Waals surface area contributed by atoms with E-state index in [0.717, 1.165) is 0 Å². The number of carboxylic acids is 1. The predicted molar refractivity (Wildman–Crippen MR) is 92.8 cm³/mol. The van der Waals surface area contributed by atoms with Crippen molar-refractivity contribution in [3.63, 3.8) is 0 Å². The lowest BCUT2D eigenvalue weighted by atomic mass is 10.2. The number of hydrogen-bond acceptors (Lipinski definition) is 3. The average Bonchev–Trinajstić information content (AvgIpc) is 2.58. The monoisotopic (exact) mass is 342 g/mol. The number of rotatable bonds is 6. The van der Waals surface area contributed by atoms with Crippen LogP contribution >= 0.6 is 0 Å². The first-order valence-corrected chi connectivity index (χ1v) is 7.64. The average molecular weight is 342 g/mol. The third-order valence-electron chi connectivity index (χ3n) is 2.89. The zero-order valence-corrected chi connectivity index (χ0v) is 13.5. The van der Waals surface area contributed by atoms with Gasteiger partial charge in [0, 0.05) is 18.4 Å². The molecule has 5 heteroatoms. The first-order valence-electron chi connectivity index (χ1n) is 7.64. The lowest BCUT2D eigenvalue weighted by Crippen LogP contribution is -2.06. The zero-order valence-electron chi connectivity index (χ0n) is 13.5. The van der Waals surface area contributed by atoms with Gasteiger partial charge in [-0.15, -0.1) is 0 Å². The highest BCUT2D eigenvalue weighted by molar-refractivity contribution is 5.66. The molecule has 0 saturated heterocycles. The number of aliphatic carboxylic acids is 1. The lowest BCUT2D eigenvalue weighted by Gasteiger charge is -1.98. The molecule has 4 nitrogen and oxygen atoms in total. The van der Waals surface area contributed by atoms with Crippen LogP contribution in [0.15, 0.2) is 48.6 Å². The maximum atomic E-state index is 12.7. The van der Waals surface area contributed by atoms with Gasteiger partial charge < -0.3 is 15.3 Å². The van der Waals surface area contributed by atoms with Crippen LogP contribution in [0.25, 0.3) is 0 Å². The number of aliphatic hydroxyl groups excluding tert-OH is 2. The Labute approximate surface area is 146 Å². The van der Waals surface area contributed by atoms with Crippen LogP contribution in [0.5, 0.6) is 0 Å². The summed E-state index contributed by atoms with van der Waals surface area (Å²) >= 11 is 0. The minimum Gasteiger partial charge on any atom is -0.481 e. The molecule has 0 amide bonds. The summed E-state index contributed by atoms with van der Waals surface area (Å²) in [6.45, 7) is 0. The SMILES string of the molecule is O=C(O)CC[C@@H](O)C#C/C=C/C=C/[C@H](O)CC#Cc1ccc(F)cc1. The van der Waals surface area contributed by atoms with Gasteiger partial charge in [-0.3, -0.25) is 4.79 Å². The van der Waals surface area contributed by atoms with E-state index in [0.29, 0.717) is 5.56 Å². The van der Waals surface area contributed by atoms with Gasteiger partial charge in [-0.1, -0.05) is 41.9 Å². The van der Waals surface area contributed by atoms with Crippen LogP contribution in [0, 0.1) is 29.5 Å². The molecule has 2 atom stereocenters. The molecule has 1 rings (SSSR count). The van der Waals surface area contributed by atoms with E-state index in [1.807, 2.05) is 0 Å². The fraction of sp³-hybridized carbons (Fsp3) is 0.250. The number of carboxylic acid groups (broad SMARTS) is 1. The maximum absolute atomic E-state index is 12.7. The molecule has 130 valence electrons. The molecule has 3 N–H and O–H groups in total. The second kappa shape index (κ2) is 11.6. The van der Waals surface area contributed by atoms with Gasteiger partial charge in [-0.25, -0.2) is 4.39 Å². The van der Waals surface area contributed by atoms with E-state index >= 15 is 0 Å². The second-order valence-electron chi connectivity index (χ2n) is 5.06. The minimum atomic E-state index is -0.976. The third-order valence-corrected chi connectivity index (χ3v) is 2.89. The molecule has 0 saturated carbocycles. The van der Waals surface area contributed by atoms with E-state index in [1.54, 1.807) is 30.4 Å². The van der Waals surface area contributed by atoms with Gasteiger partial charge in [0.2, 0.25) is 0 Å². The molecule has 1 aromatic carbocycles. The molecular weight excluding hydrogens is 323 g/mol. The molecule has 0 unspecified atom stereocenters. The van der Waals surface area contributed by atoms with Crippen molar-refractivity contribution in [3.8, 4) is 23.7 Å². The Morgan fingerprint density at radius 1 is 1.20 bits per heavy atom. The number of aliphatic hydroxyl groups is 2. The maximum Gasteiger partial charge on any atom is 0.303 e. The van der Waals surface area contributed by atoms with E-state index in [1.165, 1.54) is 18.2 Å². The van der Waals surface area contributed by atoms with Gasteiger partial charge in [-0.2, -0.15) is 0 Å². The van der Waals surface area contributed by atoms with Crippen LogP contribution in [0.3, 0.4) is 0 Å². The molecule has 0 aliphatic rings. The van der Waals surface area contributed by atoms with Gasteiger partial charge >= 0.3 is 5.97 Å². The highest BCUT2D eigenvalue weighted by Crippen LogP contribution is 2.01. The van der Waals surface area contributed by atoms with Crippen LogP contribution in [-0.4, -0.2) is 33.5 Å². The summed E-state index contributed by atoms with van der Waals surface area (Å²) in [7, 11) is 0. The first-order chi connectivity index (χ1) is 12.0. The van der Waals surface area contributed by atoms with E-state index in [9.17, 15) is 19.4 Å². The summed E-state index contributed by atoms with van der Waals surface area (Å²) in [6, 6.07) is 5.78. The molecular formula is C20H19FO4. The molecule has 0 radical (unpaired) electrons. The van der Waals surface area contributed by atoms with Gasteiger partial charge in [0.15, 0.2) is 0 Å². The fourth-order valence-corrected chi connectivity index (χ4v) is 1.63. The third kappa shape index (κ3) is 10.5. The number of benzene rings is 1. The minimum absolute atomic E-state index is 0.0808. The van der Waals surface area contributed by atoms with Crippen molar-refractivity contribution >= 4 is 5.97 Å². The normalized spacial score (nSPS) is 12.9. The van der Waals surface area contributed by atoms with Crippen molar-refractivity contribution in [2.24, 2.45) is 0 Å². The predicted octanol–water partition coefficient (Wildman–Crippen LogP) is 2.27. The quantitative estimate of drug-likeness (QED) is 0.547. The van der Waals surface area contributed by atoms with Crippen LogP contribution in [-0.2, 0) is 4.79 Å². The second-order valence-corrected chi connectivity index (χ2v) is 5.06. The Morgan fingerprint density at radius 3 is 2.60 bits per heavy atom. The largest absolute Gasteiger partial charge is 0.481 e. The molecule has 0 aliphatic heterocycles. The molecule has 0 heterocycles.